The van der Waals surface area contributed by atoms with Gasteiger partial charge in [-0.1, -0.05) is 13.8 Å². The lowest BCUT2D eigenvalue weighted by Crippen LogP contribution is -2.46. The van der Waals surface area contributed by atoms with Gasteiger partial charge in [-0.05, 0) is 25.2 Å². The molecule has 0 aliphatic heterocycles. The summed E-state index contributed by atoms with van der Waals surface area (Å²) in [6.07, 6.45) is 2.83. The van der Waals surface area contributed by atoms with Crippen LogP contribution in [0.2, 0.25) is 0 Å². The minimum Gasteiger partial charge on any atom is -0.395 e. The molecule has 4 nitrogen and oxygen atoms in total. The number of rotatable bonds is 6. The molecule has 0 spiro atoms. The first-order valence-electron chi connectivity index (χ1n) is 5.73. The topological polar surface area (TPSA) is 66.6 Å². The third-order valence-corrected chi connectivity index (χ3v) is 2.65. The minimum atomic E-state index is -0.405. The molecule has 1 fully saturated rings. The molecule has 1 aliphatic carbocycles. The highest BCUT2D eigenvalue weighted by Gasteiger charge is 2.34. The van der Waals surface area contributed by atoms with Gasteiger partial charge in [-0.2, -0.15) is 0 Å². The second-order valence-corrected chi connectivity index (χ2v) is 4.72. The Hall–Kier alpha value is -0.610. The summed E-state index contributed by atoms with van der Waals surface area (Å²) in [7, 11) is 0. The molecule has 1 aliphatic rings. The van der Waals surface area contributed by atoms with E-state index in [-0.39, 0.29) is 12.5 Å². The van der Waals surface area contributed by atoms with E-state index in [0.29, 0.717) is 24.9 Å². The van der Waals surface area contributed by atoms with Gasteiger partial charge in [0.2, 0.25) is 5.91 Å². The fourth-order valence-electron chi connectivity index (χ4n) is 1.79. The Bertz CT molecular complexity index is 215. The van der Waals surface area contributed by atoms with Crippen LogP contribution in [0.5, 0.6) is 0 Å². The van der Waals surface area contributed by atoms with E-state index in [1.165, 1.54) is 0 Å². The van der Waals surface area contributed by atoms with Gasteiger partial charge in [0.25, 0.3) is 0 Å². The number of amides is 1. The minimum absolute atomic E-state index is 0.000231. The van der Waals surface area contributed by atoms with Crippen molar-refractivity contribution in [2.24, 2.45) is 11.7 Å². The molecule has 1 rings (SSSR count). The van der Waals surface area contributed by atoms with E-state index in [1.54, 1.807) is 4.90 Å². The van der Waals surface area contributed by atoms with E-state index in [1.807, 2.05) is 0 Å². The van der Waals surface area contributed by atoms with Gasteiger partial charge in [0.1, 0.15) is 0 Å². The molecule has 0 aromatic rings. The summed E-state index contributed by atoms with van der Waals surface area (Å²) in [5, 5.41) is 8.89. The molecule has 0 saturated heterocycles. The summed E-state index contributed by atoms with van der Waals surface area (Å²) in [6.45, 7) is 4.56. The van der Waals surface area contributed by atoms with Crippen LogP contribution in [0.1, 0.15) is 33.1 Å². The molecular formula is C11H22N2O2. The summed E-state index contributed by atoms with van der Waals surface area (Å²) < 4.78 is 0. The standard InChI is InChI=1S/C11H22N2O2/c1-8(2)7-10(12)11(15)13(5-6-14)9-3-4-9/h8-10,14H,3-7,12H2,1-2H3/t10-/m0/s1. The van der Waals surface area contributed by atoms with Crippen LogP contribution in [0.4, 0.5) is 0 Å². The van der Waals surface area contributed by atoms with Crippen LogP contribution >= 0.6 is 0 Å². The highest BCUT2D eigenvalue weighted by molar-refractivity contribution is 5.82. The Balaban J connectivity index is 2.47. The predicted octanol–water partition coefficient (Wildman–Crippen LogP) is 0.343. The molecular weight excluding hydrogens is 192 g/mol. The van der Waals surface area contributed by atoms with E-state index in [2.05, 4.69) is 13.8 Å². The molecule has 0 aromatic heterocycles. The Morgan fingerprint density at radius 1 is 1.53 bits per heavy atom. The maximum atomic E-state index is 11.9. The van der Waals surface area contributed by atoms with Gasteiger partial charge in [0, 0.05) is 12.6 Å². The van der Waals surface area contributed by atoms with Crippen LogP contribution in [0, 0.1) is 5.92 Å². The van der Waals surface area contributed by atoms with Crippen molar-refractivity contribution < 1.29 is 9.90 Å². The second kappa shape index (κ2) is 5.47. The first kappa shape index (κ1) is 12.5. The monoisotopic (exact) mass is 214 g/mol. The average molecular weight is 214 g/mol. The van der Waals surface area contributed by atoms with E-state index < -0.39 is 6.04 Å². The van der Waals surface area contributed by atoms with Crippen LogP contribution in [-0.2, 0) is 4.79 Å². The second-order valence-electron chi connectivity index (χ2n) is 4.72. The average Bonchev–Trinajstić information content (AvgIpc) is 2.95. The number of nitrogens with zero attached hydrogens (tertiary/aromatic N) is 1. The van der Waals surface area contributed by atoms with Gasteiger partial charge < -0.3 is 15.7 Å². The summed E-state index contributed by atoms with van der Waals surface area (Å²) in [5.74, 6) is 0.430. The zero-order chi connectivity index (χ0) is 11.4. The number of nitrogens with two attached hydrogens (primary N) is 1. The molecule has 3 N–H and O–H groups in total. The Kier molecular flexibility index (Phi) is 4.54. The smallest absolute Gasteiger partial charge is 0.239 e. The van der Waals surface area contributed by atoms with Crippen molar-refractivity contribution >= 4 is 5.91 Å². The van der Waals surface area contributed by atoms with Crippen LogP contribution < -0.4 is 5.73 Å². The van der Waals surface area contributed by atoms with Gasteiger partial charge in [-0.15, -0.1) is 0 Å². The molecule has 88 valence electrons. The summed E-state index contributed by atoms with van der Waals surface area (Å²) >= 11 is 0. The van der Waals surface area contributed by atoms with Gasteiger partial charge in [-0.3, -0.25) is 4.79 Å². The van der Waals surface area contributed by atoms with E-state index in [4.69, 9.17) is 10.8 Å². The lowest BCUT2D eigenvalue weighted by Gasteiger charge is -2.25. The third kappa shape index (κ3) is 3.80. The number of aliphatic hydroxyl groups excluding tert-OH is 1. The number of hydrogen-bond donors (Lipinski definition) is 2. The molecule has 1 atom stereocenters. The van der Waals surface area contributed by atoms with Gasteiger partial charge >= 0.3 is 0 Å². The molecule has 0 radical (unpaired) electrons. The number of hydrogen-bond acceptors (Lipinski definition) is 3. The van der Waals surface area contributed by atoms with Crippen LogP contribution in [0.15, 0.2) is 0 Å². The quantitative estimate of drug-likeness (QED) is 0.670. The maximum absolute atomic E-state index is 11.9. The fraction of sp³-hybridized carbons (Fsp3) is 0.909. The van der Waals surface area contributed by atoms with Gasteiger partial charge in [0.05, 0.1) is 12.6 Å². The summed E-state index contributed by atoms with van der Waals surface area (Å²) in [4.78, 5) is 13.7. The third-order valence-electron chi connectivity index (χ3n) is 2.65. The highest BCUT2D eigenvalue weighted by Crippen LogP contribution is 2.27. The Morgan fingerprint density at radius 3 is 2.53 bits per heavy atom. The SMILES string of the molecule is CC(C)C[C@H](N)C(=O)N(CCO)C1CC1. The molecule has 0 bridgehead atoms. The Morgan fingerprint density at radius 2 is 2.13 bits per heavy atom. The highest BCUT2D eigenvalue weighted by atomic mass is 16.3. The van der Waals surface area contributed by atoms with Crippen LogP contribution in [0.25, 0.3) is 0 Å². The molecule has 15 heavy (non-hydrogen) atoms. The van der Waals surface area contributed by atoms with Crippen molar-refractivity contribution in [1.82, 2.24) is 4.90 Å². The first-order chi connectivity index (χ1) is 7.06. The van der Waals surface area contributed by atoms with Crippen molar-refractivity contribution in [1.29, 1.82) is 0 Å². The molecule has 4 heteroatoms. The molecule has 0 heterocycles. The van der Waals surface area contributed by atoms with Gasteiger partial charge in [-0.25, -0.2) is 0 Å². The lowest BCUT2D eigenvalue weighted by molar-refractivity contribution is -0.134. The number of carbonyl (C=O) groups is 1. The normalized spacial score (nSPS) is 17.9. The number of aliphatic hydroxyl groups is 1. The molecule has 1 amide bonds. The van der Waals surface area contributed by atoms with E-state index in [9.17, 15) is 4.79 Å². The van der Waals surface area contributed by atoms with E-state index in [0.717, 1.165) is 12.8 Å². The first-order valence-corrected chi connectivity index (χ1v) is 5.73. The van der Waals surface area contributed by atoms with Gasteiger partial charge in [0.15, 0.2) is 0 Å². The number of carbonyl (C=O) groups excluding carboxylic acids is 1. The maximum Gasteiger partial charge on any atom is 0.239 e. The predicted molar refractivity (Wildman–Crippen MR) is 59.3 cm³/mol. The summed E-state index contributed by atoms with van der Waals surface area (Å²) in [6, 6.07) is -0.0694. The van der Waals surface area contributed by atoms with Crippen molar-refractivity contribution in [3.63, 3.8) is 0 Å². The molecule has 0 aromatic carbocycles. The summed E-state index contributed by atoms with van der Waals surface area (Å²) in [5.41, 5.74) is 5.84. The zero-order valence-corrected chi connectivity index (χ0v) is 9.65. The van der Waals surface area contributed by atoms with E-state index >= 15 is 0 Å². The van der Waals surface area contributed by atoms with Crippen LogP contribution in [0.3, 0.4) is 0 Å². The zero-order valence-electron chi connectivity index (χ0n) is 9.65. The molecule has 0 unspecified atom stereocenters. The largest absolute Gasteiger partial charge is 0.395 e. The Labute approximate surface area is 91.4 Å². The van der Waals surface area contributed by atoms with Crippen LogP contribution in [-0.4, -0.2) is 41.1 Å². The lowest BCUT2D eigenvalue weighted by atomic mass is 10.0. The fourth-order valence-corrected chi connectivity index (χ4v) is 1.79. The van der Waals surface area contributed by atoms with Crippen molar-refractivity contribution in [3.05, 3.63) is 0 Å². The van der Waals surface area contributed by atoms with Crippen molar-refractivity contribution in [3.8, 4) is 0 Å². The van der Waals surface area contributed by atoms with Crippen molar-refractivity contribution in [2.75, 3.05) is 13.2 Å². The molecule has 1 saturated carbocycles. The van der Waals surface area contributed by atoms with Crippen molar-refractivity contribution in [2.45, 2.75) is 45.2 Å².